The van der Waals surface area contributed by atoms with E-state index in [1.54, 1.807) is 65.8 Å². The molecule has 2 heterocycles. The van der Waals surface area contributed by atoms with Gasteiger partial charge in [0.15, 0.2) is 46.5 Å². The number of H-pyrrole nitrogens is 2. The number of hydrogen-bond donors (Lipinski definition) is 11. The third-order valence-corrected chi connectivity index (χ3v) is 14.8. The Balaban J connectivity index is 0.000000403. The number of esters is 2. The fourth-order valence-corrected chi connectivity index (χ4v) is 9.70. The number of nitrogen functional groups attached to an aromatic ring is 2. The number of non-ortho nitro benzene ring substituents is 1. The molecule has 0 bridgehead atoms. The van der Waals surface area contributed by atoms with Gasteiger partial charge in [0.2, 0.25) is 0 Å². The van der Waals surface area contributed by atoms with Crippen LogP contribution in [-0.2, 0) is 23.7 Å². The maximum Gasteiger partial charge on any atom is 1.00 e. The number of nitrogens with two attached hydrogens (primary N) is 2. The molecule has 44 heteroatoms. The van der Waals surface area contributed by atoms with Gasteiger partial charge in [0.25, 0.3) is 16.8 Å². The summed E-state index contributed by atoms with van der Waals surface area (Å²) in [4.78, 5) is 146. The second kappa shape index (κ2) is 47.3. The van der Waals surface area contributed by atoms with E-state index in [9.17, 15) is 98.0 Å². The van der Waals surface area contributed by atoms with E-state index in [1.165, 1.54) is 84.9 Å². The number of amides is 6. The number of methoxy groups -OCH3 is 2. The summed E-state index contributed by atoms with van der Waals surface area (Å²) in [5.41, 5.74) is 7.83. The van der Waals surface area contributed by atoms with Crippen molar-refractivity contribution >= 4 is 128 Å². The van der Waals surface area contributed by atoms with Crippen molar-refractivity contribution in [2.75, 3.05) is 71.8 Å². The average molecular weight is 1780 g/mol. The molecule has 34 nitrogen and oxygen atoms in total. The van der Waals surface area contributed by atoms with Crippen molar-refractivity contribution in [3.63, 3.8) is 0 Å². The molecule has 0 fully saturated rings. The monoisotopic (exact) mass is 1780 g/mol. The summed E-state index contributed by atoms with van der Waals surface area (Å²) in [6.07, 6.45) is -2.87. The number of hydrogen-bond acceptors (Lipinski definition) is 23. The van der Waals surface area contributed by atoms with Crippen LogP contribution in [0.2, 0.25) is 0 Å². The van der Waals surface area contributed by atoms with E-state index in [0.717, 1.165) is 74.0 Å². The SMILES string of the molecule is CC(C)(C)OC(=O)Nc1ccc(-n2c(=O)[nH]c3cc(F)c(F)cc3c2=O)cc1.CC(C)(C)OC(=O)Nc1ccc(N)cc1.CO.COC(=O)c1cc(F)c(F)cc1NC(=O)Nc1ccc(NC(=O)OC(C)(C)C)cc1.COC(=O)c1cc(F)c(F)cc1NC(=O)Oc1ccc([N+](=O)[O-])cc1.C[O-].Cl.Nc1ccc(-n2c(=O)[nH]c3cc(F)c(F)cc3c2=O)cc1.[Na+]. The van der Waals surface area contributed by atoms with Crippen molar-refractivity contribution in [1.29, 1.82) is 0 Å². The van der Waals surface area contributed by atoms with E-state index >= 15 is 0 Å². The van der Waals surface area contributed by atoms with Crippen LogP contribution in [0, 0.1) is 56.7 Å². The molecule has 9 aromatic carbocycles. The minimum atomic E-state index is -1.30. The van der Waals surface area contributed by atoms with Crippen molar-refractivity contribution in [3.8, 4) is 17.1 Å². The second-order valence-electron chi connectivity index (χ2n) is 27.4. The average Bonchev–Trinajstić information content (AvgIpc) is 0.775. The fraction of sp³-hybridized carbons (Fsp3) is 0.198. The molecule has 13 N–H and O–H groups in total. The smallest absolute Gasteiger partial charge is 0.857 e. The summed E-state index contributed by atoms with van der Waals surface area (Å²) in [5.74, 6) is -11.7. The standard InChI is InChI=1S/C20H21F2N3O5.C19H17F2N3O4.C15H10F2N2O6.C14H9F2N3O2.C11H16N2O2.CH4O.CH3O.ClH.Na/c1-20(2,3)30-19(28)24-12-7-5-11(6-8-12)23-18(27)25-16-10-15(22)14(21)9-13(16)17(26)29-4;1-19(2,3)28-18(27)22-10-4-6-11(7-5-10)24-16(25)12-8-13(20)14(21)9-15(12)23-17(24)26;1-24-14(20)10-6-11(16)12(17)7-13(10)18-15(21)25-9-4-2-8(3-5-9)19(22)23;15-10-5-9-12(6-11(10)16)18-14(21)19(13(9)20)8-3-1-7(17)2-4-8;1-11(2,3)15-10(14)13-9-6-4-8(12)5-7-9;2*1-2;;/h5-10H,1-4H3,(H,24,28)(H2,23,25,27);4-9H,1-3H3,(H,22,27)(H,23,26);2-7H,1H3,(H,18,21);1-6H,17H2,(H,18,21);4-7H,12H2,1-3H3,(H,13,14);2H,1H3;1H3;1H;/q;;;;;;-1;;+1. The first-order valence-corrected chi connectivity index (χ1v) is 35.2. The number of nitrogens with one attached hydrogen (secondary N) is 8. The molecule has 0 aliphatic rings. The number of benzene rings is 9. The van der Waals surface area contributed by atoms with Gasteiger partial charge in [-0.2, -0.15) is 7.11 Å². The molecule has 0 unspecified atom stereocenters. The number of urea groups is 1. The van der Waals surface area contributed by atoms with Gasteiger partial charge in [-0.3, -0.25) is 41.0 Å². The number of carbonyl (C=O) groups excluding carboxylic acids is 7. The summed E-state index contributed by atoms with van der Waals surface area (Å²) >= 11 is 0. The molecule has 0 spiro atoms. The number of anilines is 8. The van der Waals surface area contributed by atoms with Crippen molar-refractivity contribution in [1.82, 2.24) is 19.1 Å². The van der Waals surface area contributed by atoms with Gasteiger partial charge < -0.3 is 70.7 Å². The van der Waals surface area contributed by atoms with Gasteiger partial charge in [0.05, 0.1) is 74.8 Å². The number of nitro benzene ring substituents is 1. The Bertz CT molecular complexity index is 5920. The fourth-order valence-electron chi connectivity index (χ4n) is 9.70. The van der Waals surface area contributed by atoms with Crippen LogP contribution < -0.4 is 105 Å². The summed E-state index contributed by atoms with van der Waals surface area (Å²) in [6, 6.07) is 34.0. The molecular formula is C81H81ClF8N13NaO21. The topological polar surface area (TPSA) is 495 Å². The predicted molar refractivity (Wildman–Crippen MR) is 444 cm³/mol. The molecule has 2 aromatic heterocycles. The molecular weight excluding hydrogens is 1700 g/mol. The number of carbonyl (C=O) groups is 7. The molecule has 6 amide bonds. The van der Waals surface area contributed by atoms with Gasteiger partial charge >= 0.3 is 83.3 Å². The van der Waals surface area contributed by atoms with E-state index in [2.05, 4.69) is 51.3 Å². The quantitative estimate of drug-likeness (QED) is 0.0103. The van der Waals surface area contributed by atoms with Gasteiger partial charge in [-0.05, 0) is 196 Å². The minimum Gasteiger partial charge on any atom is -0.857 e. The van der Waals surface area contributed by atoms with Gasteiger partial charge in [-0.25, -0.2) is 87.4 Å². The zero-order valence-corrected chi connectivity index (χ0v) is 71.5. The number of aromatic nitrogens is 4. The molecule has 660 valence electrons. The molecule has 11 aromatic rings. The Kier molecular flexibility index (Phi) is 39.7. The molecule has 0 atom stereocenters. The Morgan fingerprint density at radius 3 is 1.04 bits per heavy atom. The number of nitro groups is 1. The number of ether oxygens (including phenoxy) is 6. The molecule has 0 aliphatic carbocycles. The van der Waals surface area contributed by atoms with Crippen molar-refractivity contribution in [3.05, 3.63) is 279 Å². The minimum absolute atomic E-state index is 0. The summed E-state index contributed by atoms with van der Waals surface area (Å²) < 4.78 is 138. The van der Waals surface area contributed by atoms with Gasteiger partial charge in [-0.15, -0.1) is 12.4 Å². The third-order valence-electron chi connectivity index (χ3n) is 14.8. The largest absolute Gasteiger partial charge is 1.00 e. The normalized spacial score (nSPS) is 10.4. The first-order chi connectivity index (χ1) is 57.7. The van der Waals surface area contributed by atoms with Crippen LogP contribution in [0.4, 0.5) is 110 Å². The van der Waals surface area contributed by atoms with Gasteiger partial charge in [0, 0.05) is 77.6 Å². The van der Waals surface area contributed by atoms with E-state index in [4.69, 9.17) is 40.6 Å². The van der Waals surface area contributed by atoms with E-state index in [0.29, 0.717) is 58.4 Å². The number of nitrogens with zero attached hydrogens (tertiary/aromatic N) is 3. The van der Waals surface area contributed by atoms with Crippen LogP contribution >= 0.6 is 12.4 Å². The summed E-state index contributed by atoms with van der Waals surface area (Å²) in [6.45, 7) is 15.8. The van der Waals surface area contributed by atoms with Crippen LogP contribution in [0.3, 0.4) is 0 Å². The Labute approximate surface area is 732 Å². The van der Waals surface area contributed by atoms with Crippen LogP contribution in [0.25, 0.3) is 33.2 Å². The molecule has 11 rings (SSSR count). The number of aliphatic hydroxyl groups excluding tert-OH is 1. The number of fused-ring (bicyclic) bond motifs is 2. The van der Waals surface area contributed by atoms with E-state index in [-0.39, 0.29) is 104 Å². The Hall–Kier alpha value is -14.2. The second-order valence-corrected chi connectivity index (χ2v) is 27.4. The van der Waals surface area contributed by atoms with E-state index in [1.807, 2.05) is 20.8 Å². The Morgan fingerprint density at radius 2 is 0.704 bits per heavy atom. The zero-order valence-electron chi connectivity index (χ0n) is 68.7. The van der Waals surface area contributed by atoms with Crippen LogP contribution in [0.5, 0.6) is 5.75 Å². The first kappa shape index (κ1) is 105. The molecule has 0 saturated heterocycles. The van der Waals surface area contributed by atoms with E-state index < -0.39 is 139 Å². The maximum absolute atomic E-state index is 13.5. The molecule has 125 heavy (non-hydrogen) atoms. The van der Waals surface area contributed by atoms with Crippen LogP contribution in [0.1, 0.15) is 83.0 Å². The maximum atomic E-state index is 13.5. The molecule has 0 radical (unpaired) electrons. The first-order valence-electron chi connectivity index (χ1n) is 35.2. The summed E-state index contributed by atoms with van der Waals surface area (Å²) in [5, 5.41) is 40.0. The number of aliphatic hydroxyl groups is 1. The van der Waals surface area contributed by atoms with Gasteiger partial charge in [0.1, 0.15) is 22.6 Å². The van der Waals surface area contributed by atoms with Crippen LogP contribution in [-0.4, -0.2) is 117 Å². The van der Waals surface area contributed by atoms with Crippen molar-refractivity contribution < 1.29 is 142 Å². The number of rotatable bonds is 12. The third kappa shape index (κ3) is 32.3. The molecule has 0 saturated carbocycles. The van der Waals surface area contributed by atoms with Crippen LogP contribution in [0.15, 0.2) is 189 Å². The van der Waals surface area contributed by atoms with Gasteiger partial charge in [-0.1, -0.05) is 0 Å². The van der Waals surface area contributed by atoms with Crippen molar-refractivity contribution in [2.24, 2.45) is 0 Å². The Morgan fingerprint density at radius 1 is 0.416 bits per heavy atom. The number of halogens is 9. The predicted octanol–water partition coefficient (Wildman–Crippen LogP) is 11.5. The van der Waals surface area contributed by atoms with Crippen molar-refractivity contribution in [2.45, 2.75) is 79.1 Å². The number of aromatic amines is 2. The zero-order chi connectivity index (χ0) is 92.3. The molecule has 0 aliphatic heterocycles. The summed E-state index contributed by atoms with van der Waals surface area (Å²) in [7, 11) is 3.85.